The zero-order valence-corrected chi connectivity index (χ0v) is 14.2. The van der Waals surface area contributed by atoms with Gasteiger partial charge in [0, 0.05) is 18.3 Å². The van der Waals surface area contributed by atoms with Gasteiger partial charge in [-0.1, -0.05) is 49.8 Å². The first-order valence-electron chi connectivity index (χ1n) is 8.77. The Morgan fingerprint density at radius 2 is 2.00 bits per heavy atom. The summed E-state index contributed by atoms with van der Waals surface area (Å²) < 4.78 is 6.00. The van der Waals surface area contributed by atoms with Gasteiger partial charge in [-0.05, 0) is 41.7 Å². The fraction of sp³-hybridized carbons (Fsp3) is 0.381. The Bertz CT molecular complexity index is 681. The number of rotatable bonds is 5. The van der Waals surface area contributed by atoms with Crippen molar-refractivity contribution in [2.75, 3.05) is 6.61 Å². The van der Waals surface area contributed by atoms with Crippen molar-refractivity contribution in [3.05, 3.63) is 71.6 Å². The van der Waals surface area contributed by atoms with Crippen LogP contribution in [0.5, 0.6) is 0 Å². The van der Waals surface area contributed by atoms with E-state index in [1.54, 1.807) is 6.20 Å². The number of benzene rings is 1. The molecule has 2 aromatic rings. The minimum Gasteiger partial charge on any atom is -0.386 e. The number of hydrogen-bond acceptors (Lipinski definition) is 3. The Kier molecular flexibility index (Phi) is 5.78. The number of aliphatic hydroxyl groups excluding tert-OH is 1. The smallest absolute Gasteiger partial charge is 0.106 e. The highest BCUT2D eigenvalue weighted by Crippen LogP contribution is 2.33. The lowest BCUT2D eigenvalue weighted by atomic mass is 9.89. The second-order valence-corrected chi connectivity index (χ2v) is 6.26. The van der Waals surface area contributed by atoms with E-state index in [1.807, 2.05) is 36.4 Å². The van der Waals surface area contributed by atoms with Crippen molar-refractivity contribution in [2.24, 2.45) is 0 Å². The largest absolute Gasteiger partial charge is 0.386 e. The van der Waals surface area contributed by atoms with Gasteiger partial charge in [-0.25, -0.2) is 0 Å². The van der Waals surface area contributed by atoms with E-state index in [4.69, 9.17) is 4.74 Å². The van der Waals surface area contributed by atoms with Gasteiger partial charge in [-0.3, -0.25) is 4.98 Å². The summed E-state index contributed by atoms with van der Waals surface area (Å²) in [4.78, 5) is 4.37. The quantitative estimate of drug-likeness (QED) is 0.890. The van der Waals surface area contributed by atoms with Gasteiger partial charge in [-0.15, -0.1) is 0 Å². The predicted molar refractivity (Wildman–Crippen MR) is 96.6 cm³/mol. The van der Waals surface area contributed by atoms with Crippen LogP contribution in [0.4, 0.5) is 0 Å². The Morgan fingerprint density at radius 1 is 1.17 bits per heavy atom. The van der Waals surface area contributed by atoms with E-state index in [-0.39, 0.29) is 6.10 Å². The molecule has 3 heteroatoms. The number of ether oxygens (including phenoxy) is 1. The van der Waals surface area contributed by atoms with Crippen LogP contribution in [0.15, 0.2) is 54.7 Å². The van der Waals surface area contributed by atoms with Crippen molar-refractivity contribution in [1.82, 2.24) is 4.98 Å². The maximum Gasteiger partial charge on any atom is 0.106 e. The fourth-order valence-corrected chi connectivity index (χ4v) is 3.22. The van der Waals surface area contributed by atoms with Gasteiger partial charge < -0.3 is 9.84 Å². The third-order valence-corrected chi connectivity index (χ3v) is 4.55. The maximum absolute atomic E-state index is 11.0. The molecule has 1 N–H and O–H groups in total. The van der Waals surface area contributed by atoms with Gasteiger partial charge in [0.2, 0.25) is 0 Å². The molecule has 2 heterocycles. The maximum atomic E-state index is 11.0. The number of aliphatic hydroxyl groups is 1. The van der Waals surface area contributed by atoms with Crippen LogP contribution in [0.3, 0.4) is 0 Å². The predicted octanol–water partition coefficient (Wildman–Crippen LogP) is 4.33. The average molecular weight is 323 g/mol. The highest BCUT2D eigenvalue weighted by Gasteiger charge is 2.26. The number of aromatic nitrogens is 1. The second-order valence-electron chi connectivity index (χ2n) is 6.26. The lowest BCUT2D eigenvalue weighted by molar-refractivity contribution is -0.0287. The van der Waals surface area contributed by atoms with Gasteiger partial charge in [0.1, 0.15) is 6.10 Å². The van der Waals surface area contributed by atoms with E-state index in [0.717, 1.165) is 36.1 Å². The van der Waals surface area contributed by atoms with Gasteiger partial charge in [-0.2, -0.15) is 0 Å². The Hall–Kier alpha value is -1.97. The summed E-state index contributed by atoms with van der Waals surface area (Å²) in [5, 5.41) is 11.0. The van der Waals surface area contributed by atoms with Crippen molar-refractivity contribution < 1.29 is 9.84 Å². The van der Waals surface area contributed by atoms with Crippen LogP contribution < -0.4 is 0 Å². The van der Waals surface area contributed by atoms with E-state index in [2.05, 4.69) is 24.1 Å². The SMILES string of the molecule is CCCCC1=CCOC(Cc2ccccn2)C(O)c2ccccc21. The Morgan fingerprint density at radius 3 is 2.79 bits per heavy atom. The van der Waals surface area contributed by atoms with Crippen molar-refractivity contribution in [2.45, 2.75) is 44.8 Å². The Labute approximate surface area is 144 Å². The third kappa shape index (κ3) is 3.92. The monoisotopic (exact) mass is 323 g/mol. The molecule has 0 saturated carbocycles. The molecule has 0 fully saturated rings. The number of nitrogens with zero attached hydrogens (tertiary/aromatic N) is 1. The van der Waals surface area contributed by atoms with Crippen LogP contribution >= 0.6 is 0 Å². The zero-order valence-electron chi connectivity index (χ0n) is 14.2. The van der Waals surface area contributed by atoms with Crippen molar-refractivity contribution in [3.63, 3.8) is 0 Å². The molecule has 0 amide bonds. The standard InChI is InChI=1S/C21H25NO2/c1-2-3-8-16-12-14-24-20(15-17-9-6-7-13-22-17)21(23)19-11-5-4-10-18(16)19/h4-7,9-13,20-21,23H,2-3,8,14-15H2,1H3. The first-order chi connectivity index (χ1) is 11.8. The highest BCUT2D eigenvalue weighted by atomic mass is 16.5. The van der Waals surface area contributed by atoms with Crippen molar-refractivity contribution in [1.29, 1.82) is 0 Å². The van der Waals surface area contributed by atoms with E-state index in [9.17, 15) is 5.11 Å². The lowest BCUT2D eigenvalue weighted by Crippen LogP contribution is -2.27. The average Bonchev–Trinajstić information content (AvgIpc) is 2.63. The minimum atomic E-state index is -0.645. The first kappa shape index (κ1) is 16.9. The summed E-state index contributed by atoms with van der Waals surface area (Å²) in [6.07, 6.45) is 6.95. The fourth-order valence-electron chi connectivity index (χ4n) is 3.22. The summed E-state index contributed by atoms with van der Waals surface area (Å²) >= 11 is 0. The van der Waals surface area contributed by atoms with Gasteiger partial charge in [0.05, 0.1) is 12.7 Å². The number of pyridine rings is 1. The molecule has 1 aliphatic rings. The van der Waals surface area contributed by atoms with Crippen LogP contribution in [0.25, 0.3) is 5.57 Å². The van der Waals surface area contributed by atoms with E-state index in [1.165, 1.54) is 5.57 Å². The summed E-state index contributed by atoms with van der Waals surface area (Å²) in [6, 6.07) is 14.0. The molecule has 24 heavy (non-hydrogen) atoms. The molecule has 2 unspecified atom stereocenters. The topological polar surface area (TPSA) is 42.4 Å². The highest BCUT2D eigenvalue weighted by molar-refractivity contribution is 5.69. The first-order valence-corrected chi connectivity index (χ1v) is 8.77. The van der Waals surface area contributed by atoms with Crippen LogP contribution in [-0.2, 0) is 11.2 Å². The number of allylic oxidation sites excluding steroid dienone is 1. The van der Waals surface area contributed by atoms with E-state index in [0.29, 0.717) is 13.0 Å². The second kappa shape index (κ2) is 8.22. The van der Waals surface area contributed by atoms with Crippen LogP contribution in [-0.4, -0.2) is 22.8 Å². The number of unbranched alkanes of at least 4 members (excludes halogenated alkanes) is 1. The summed E-state index contributed by atoms with van der Waals surface area (Å²) in [5.74, 6) is 0. The summed E-state index contributed by atoms with van der Waals surface area (Å²) in [6.45, 7) is 2.73. The van der Waals surface area contributed by atoms with Crippen molar-refractivity contribution in [3.8, 4) is 0 Å². The molecular weight excluding hydrogens is 298 g/mol. The zero-order chi connectivity index (χ0) is 16.8. The third-order valence-electron chi connectivity index (χ3n) is 4.55. The van der Waals surface area contributed by atoms with Gasteiger partial charge >= 0.3 is 0 Å². The molecular formula is C21H25NO2. The van der Waals surface area contributed by atoms with E-state index >= 15 is 0 Å². The minimum absolute atomic E-state index is 0.287. The van der Waals surface area contributed by atoms with Crippen molar-refractivity contribution >= 4 is 5.57 Å². The molecule has 0 aliphatic carbocycles. The number of fused-ring (bicyclic) bond motifs is 1. The molecule has 0 spiro atoms. The molecule has 3 nitrogen and oxygen atoms in total. The van der Waals surface area contributed by atoms with Crippen LogP contribution in [0.1, 0.15) is 49.1 Å². The molecule has 1 aliphatic heterocycles. The molecule has 0 radical (unpaired) electrons. The molecule has 0 saturated heterocycles. The van der Waals surface area contributed by atoms with Crippen LogP contribution in [0.2, 0.25) is 0 Å². The molecule has 1 aromatic heterocycles. The van der Waals surface area contributed by atoms with Gasteiger partial charge in [0.25, 0.3) is 0 Å². The van der Waals surface area contributed by atoms with E-state index < -0.39 is 6.10 Å². The molecule has 0 bridgehead atoms. The Balaban J connectivity index is 1.88. The molecule has 3 rings (SSSR count). The number of hydrogen-bond donors (Lipinski definition) is 1. The summed E-state index contributed by atoms with van der Waals surface area (Å²) in [7, 11) is 0. The lowest BCUT2D eigenvalue weighted by Gasteiger charge is -2.28. The normalized spacial score (nSPS) is 20.7. The summed E-state index contributed by atoms with van der Waals surface area (Å²) in [5.41, 5.74) is 4.34. The van der Waals surface area contributed by atoms with Crippen LogP contribution in [0, 0.1) is 0 Å². The molecule has 126 valence electrons. The van der Waals surface area contributed by atoms with Gasteiger partial charge in [0.15, 0.2) is 0 Å². The molecule has 1 aromatic carbocycles. The molecule has 2 atom stereocenters.